The topological polar surface area (TPSA) is 78.2 Å². The van der Waals surface area contributed by atoms with E-state index >= 15 is 0 Å². The fraction of sp³-hybridized carbons (Fsp3) is 0.323. The average molecular weight is 581 g/mol. The van der Waals surface area contributed by atoms with Crippen LogP contribution in [-0.4, -0.2) is 30.7 Å². The zero-order valence-corrected chi connectivity index (χ0v) is 23.6. The highest BCUT2D eigenvalue weighted by molar-refractivity contribution is 7.09. The number of nitrogens with zero attached hydrogens (tertiary/aromatic N) is 3. The molecule has 1 atom stereocenters. The van der Waals surface area contributed by atoms with Crippen LogP contribution in [0.15, 0.2) is 83.5 Å². The number of benzene rings is 2. The van der Waals surface area contributed by atoms with Gasteiger partial charge >= 0.3 is 6.18 Å². The number of allylic oxidation sites excluding steroid dienone is 3. The van der Waals surface area contributed by atoms with E-state index in [1.165, 1.54) is 29.4 Å². The number of aromatic nitrogens is 1. The Labute approximate surface area is 241 Å². The lowest BCUT2D eigenvalue weighted by Crippen LogP contribution is -2.29. The number of hydrogen-bond donors (Lipinski definition) is 1. The molecule has 0 saturated heterocycles. The average Bonchev–Trinajstić information content (AvgIpc) is 3.63. The minimum Gasteiger partial charge on any atom is -0.366 e. The lowest BCUT2D eigenvalue weighted by atomic mass is 10.1. The maximum absolute atomic E-state index is 14.0. The second-order valence-corrected chi connectivity index (χ2v) is 10.7. The van der Waals surface area contributed by atoms with Crippen molar-refractivity contribution in [3.05, 3.63) is 99.7 Å². The van der Waals surface area contributed by atoms with Gasteiger partial charge in [-0.2, -0.15) is 18.4 Å². The van der Waals surface area contributed by atoms with Gasteiger partial charge < -0.3 is 15.0 Å². The van der Waals surface area contributed by atoms with E-state index in [4.69, 9.17) is 4.74 Å². The number of halogens is 3. The molecule has 0 spiro atoms. The van der Waals surface area contributed by atoms with Gasteiger partial charge in [0.25, 0.3) is 5.91 Å². The van der Waals surface area contributed by atoms with Crippen molar-refractivity contribution < 1.29 is 22.7 Å². The van der Waals surface area contributed by atoms with Crippen molar-refractivity contribution in [2.75, 3.05) is 23.9 Å². The Hall–Kier alpha value is -3.94. The van der Waals surface area contributed by atoms with E-state index < -0.39 is 23.8 Å². The quantitative estimate of drug-likeness (QED) is 0.175. The van der Waals surface area contributed by atoms with Crippen molar-refractivity contribution in [1.82, 2.24) is 4.98 Å². The molecule has 1 saturated carbocycles. The maximum atomic E-state index is 14.0. The Bertz CT molecular complexity index is 1440. The van der Waals surface area contributed by atoms with Crippen LogP contribution in [0.5, 0.6) is 0 Å². The third-order valence-corrected chi connectivity index (χ3v) is 7.37. The first-order valence-corrected chi connectivity index (χ1v) is 14.2. The Balaban J connectivity index is 1.67. The van der Waals surface area contributed by atoms with Gasteiger partial charge in [0.2, 0.25) is 0 Å². The summed E-state index contributed by atoms with van der Waals surface area (Å²) in [5.74, 6) is -0.199. The fourth-order valence-corrected chi connectivity index (χ4v) is 4.82. The number of nitrogens with one attached hydrogen (secondary N) is 1. The number of anilines is 2. The van der Waals surface area contributed by atoms with Crippen molar-refractivity contribution in [3.63, 3.8) is 0 Å². The van der Waals surface area contributed by atoms with E-state index in [1.807, 2.05) is 17.5 Å². The minimum atomic E-state index is -4.66. The summed E-state index contributed by atoms with van der Waals surface area (Å²) in [6.07, 6.45) is 1.55. The fourth-order valence-electron chi connectivity index (χ4n) is 4.11. The third kappa shape index (κ3) is 8.28. The van der Waals surface area contributed by atoms with Gasteiger partial charge in [-0.3, -0.25) is 4.79 Å². The SMILES string of the molecule is CCCC=C(C=C(C(=O)Nc1cccc(C(OCC2CC2)c2nccs2)c1)N(C)c1cccc(C#N)c1)C(F)(F)F. The number of unbranched alkanes of at least 4 members (excludes halogenated alkanes) is 1. The highest BCUT2D eigenvalue weighted by atomic mass is 32.1. The summed E-state index contributed by atoms with van der Waals surface area (Å²) < 4.78 is 48.1. The summed E-state index contributed by atoms with van der Waals surface area (Å²) in [5, 5.41) is 14.7. The zero-order valence-electron chi connectivity index (χ0n) is 22.8. The van der Waals surface area contributed by atoms with Gasteiger partial charge in [0.05, 0.1) is 23.8 Å². The summed E-state index contributed by atoms with van der Waals surface area (Å²) in [4.78, 5) is 19.4. The molecule has 0 radical (unpaired) electrons. The van der Waals surface area contributed by atoms with Gasteiger partial charge in [-0.1, -0.05) is 37.6 Å². The Kier molecular flexibility index (Phi) is 9.97. The second kappa shape index (κ2) is 13.6. The number of alkyl halides is 3. The smallest absolute Gasteiger partial charge is 0.366 e. The van der Waals surface area contributed by atoms with Crippen LogP contribution in [0.3, 0.4) is 0 Å². The molecule has 41 heavy (non-hydrogen) atoms. The highest BCUT2D eigenvalue weighted by Crippen LogP contribution is 2.35. The second-order valence-electron chi connectivity index (χ2n) is 9.80. The Morgan fingerprint density at radius 3 is 2.71 bits per heavy atom. The molecule has 4 rings (SSSR count). The summed E-state index contributed by atoms with van der Waals surface area (Å²) in [5.41, 5.74) is 0.746. The van der Waals surface area contributed by atoms with E-state index in [1.54, 1.807) is 49.5 Å². The van der Waals surface area contributed by atoms with Gasteiger partial charge in [-0.05, 0) is 67.2 Å². The number of carbonyl (C=O) groups is 1. The molecule has 214 valence electrons. The number of hydrogen-bond acceptors (Lipinski definition) is 6. The molecule has 1 fully saturated rings. The molecule has 3 aromatic rings. The molecule has 1 aromatic heterocycles. The molecular weight excluding hydrogens is 549 g/mol. The van der Waals surface area contributed by atoms with E-state index in [2.05, 4.69) is 10.3 Å². The molecule has 1 heterocycles. The number of rotatable bonds is 12. The predicted molar refractivity (Wildman–Crippen MR) is 154 cm³/mol. The van der Waals surface area contributed by atoms with Gasteiger partial charge in [-0.15, -0.1) is 11.3 Å². The summed E-state index contributed by atoms with van der Waals surface area (Å²) in [6.45, 7) is 2.38. The highest BCUT2D eigenvalue weighted by Gasteiger charge is 2.33. The molecule has 6 nitrogen and oxygen atoms in total. The van der Waals surface area contributed by atoms with Crippen molar-refractivity contribution in [2.24, 2.45) is 5.92 Å². The van der Waals surface area contributed by atoms with Crippen LogP contribution in [0.1, 0.15) is 54.8 Å². The number of thiazole rings is 1. The summed E-state index contributed by atoms with van der Waals surface area (Å²) in [7, 11) is 1.50. The zero-order chi connectivity index (χ0) is 29.4. The molecule has 2 aromatic carbocycles. The number of amides is 1. The predicted octanol–water partition coefficient (Wildman–Crippen LogP) is 7.78. The van der Waals surface area contributed by atoms with Crippen LogP contribution in [0, 0.1) is 17.2 Å². The third-order valence-electron chi connectivity index (χ3n) is 6.55. The van der Waals surface area contributed by atoms with E-state index in [0.717, 1.165) is 35.6 Å². The molecule has 0 aliphatic heterocycles. The van der Waals surface area contributed by atoms with Crippen molar-refractivity contribution in [3.8, 4) is 6.07 Å². The molecule has 1 N–H and O–H groups in total. The first kappa shape index (κ1) is 30.0. The molecule has 0 bridgehead atoms. The first-order valence-electron chi connectivity index (χ1n) is 13.3. The van der Waals surface area contributed by atoms with Gasteiger partial charge in [-0.25, -0.2) is 4.98 Å². The van der Waals surface area contributed by atoms with Crippen molar-refractivity contribution in [1.29, 1.82) is 5.26 Å². The maximum Gasteiger partial charge on any atom is 0.416 e. The van der Waals surface area contributed by atoms with E-state index in [0.29, 0.717) is 35.9 Å². The van der Waals surface area contributed by atoms with E-state index in [9.17, 15) is 23.2 Å². The number of ether oxygens (including phenoxy) is 1. The van der Waals surface area contributed by atoms with E-state index in [-0.39, 0.29) is 12.1 Å². The van der Waals surface area contributed by atoms with Crippen LogP contribution in [0.2, 0.25) is 0 Å². The van der Waals surface area contributed by atoms with Crippen molar-refractivity contribution >= 4 is 28.6 Å². The number of nitriles is 1. The van der Waals surface area contributed by atoms with Crippen LogP contribution < -0.4 is 10.2 Å². The standard InChI is InChI=1S/C31H31F3N4O2S/c1-3-4-9-24(31(32,33)34)18-27(38(2)26-11-5-7-22(16-26)19-35)29(39)37-25-10-6-8-23(17-25)28(30-36-14-15-41-30)40-20-21-12-13-21/h5-11,14-18,21,28H,3-4,12-13,20H2,1-2H3,(H,37,39). The number of carbonyl (C=O) groups excluding carboxylic acids is 1. The van der Waals surface area contributed by atoms with Gasteiger partial charge in [0, 0.05) is 30.0 Å². The van der Waals surface area contributed by atoms with Crippen LogP contribution in [0.25, 0.3) is 0 Å². The number of likely N-dealkylation sites (N-methyl/N-ethyl adjacent to an activating group) is 1. The lowest BCUT2D eigenvalue weighted by Gasteiger charge is -2.24. The minimum absolute atomic E-state index is 0.203. The summed E-state index contributed by atoms with van der Waals surface area (Å²) in [6, 6.07) is 15.4. The molecular formula is C31H31F3N4O2S. The normalized spacial score (nSPS) is 14.8. The molecule has 1 aliphatic rings. The molecule has 10 heteroatoms. The lowest BCUT2D eigenvalue weighted by molar-refractivity contribution is -0.112. The van der Waals surface area contributed by atoms with Gasteiger partial charge in [0.15, 0.2) is 0 Å². The molecule has 1 amide bonds. The Morgan fingerprint density at radius 1 is 1.27 bits per heavy atom. The summed E-state index contributed by atoms with van der Waals surface area (Å²) >= 11 is 1.47. The van der Waals surface area contributed by atoms with Crippen LogP contribution in [0.4, 0.5) is 24.5 Å². The molecule has 1 unspecified atom stereocenters. The largest absolute Gasteiger partial charge is 0.416 e. The van der Waals surface area contributed by atoms with Crippen LogP contribution >= 0.6 is 11.3 Å². The monoisotopic (exact) mass is 580 g/mol. The van der Waals surface area contributed by atoms with Crippen molar-refractivity contribution in [2.45, 2.75) is 44.9 Å². The van der Waals surface area contributed by atoms with Gasteiger partial charge in [0.1, 0.15) is 16.8 Å². The van der Waals surface area contributed by atoms with Crippen LogP contribution in [-0.2, 0) is 9.53 Å². The Morgan fingerprint density at radius 2 is 2.05 bits per heavy atom. The first-order chi connectivity index (χ1) is 19.7. The molecule has 1 aliphatic carbocycles.